The van der Waals surface area contributed by atoms with Gasteiger partial charge >= 0.3 is 0 Å². The first-order chi connectivity index (χ1) is 11.8. The predicted octanol–water partition coefficient (Wildman–Crippen LogP) is 3.45. The molecule has 0 N–H and O–H groups in total. The van der Waals surface area contributed by atoms with E-state index in [2.05, 4.69) is 12.1 Å². The van der Waals surface area contributed by atoms with Crippen molar-refractivity contribution in [2.75, 3.05) is 13.2 Å². The molecule has 5 nitrogen and oxygen atoms in total. The minimum Gasteiger partial charge on any atom is -0.376 e. The lowest BCUT2D eigenvalue weighted by molar-refractivity contribution is 0.0499. The number of aromatic nitrogens is 1. The van der Waals surface area contributed by atoms with E-state index in [9.17, 15) is 4.79 Å². The fraction of sp³-hybridized carbons (Fsp3) is 0.474. The van der Waals surface area contributed by atoms with Crippen LogP contribution in [0.3, 0.4) is 0 Å². The third-order valence-electron chi connectivity index (χ3n) is 4.23. The zero-order valence-corrected chi connectivity index (χ0v) is 14.1. The van der Waals surface area contributed by atoms with Gasteiger partial charge in [-0.2, -0.15) is 0 Å². The highest BCUT2D eigenvalue weighted by atomic mass is 16.5. The first-order valence-corrected chi connectivity index (χ1v) is 8.66. The number of amides is 1. The second-order valence-electron chi connectivity index (χ2n) is 6.23. The zero-order chi connectivity index (χ0) is 16.8. The average Bonchev–Trinajstić information content (AvgIpc) is 3.27. The van der Waals surface area contributed by atoms with Gasteiger partial charge in [-0.1, -0.05) is 42.4 Å². The van der Waals surface area contributed by atoms with Crippen molar-refractivity contribution in [1.82, 2.24) is 10.1 Å². The Morgan fingerprint density at radius 1 is 1.33 bits per heavy atom. The van der Waals surface area contributed by atoms with Gasteiger partial charge in [-0.25, -0.2) is 0 Å². The highest BCUT2D eigenvalue weighted by molar-refractivity contribution is 5.92. The molecule has 2 aromatic rings. The van der Waals surface area contributed by atoms with Crippen molar-refractivity contribution in [2.45, 2.75) is 45.3 Å². The number of hydrogen-bond donors (Lipinski definition) is 0. The number of rotatable bonds is 7. The first-order valence-electron chi connectivity index (χ1n) is 8.66. The van der Waals surface area contributed by atoms with Gasteiger partial charge in [0.1, 0.15) is 5.76 Å². The molecular weight excluding hydrogens is 304 g/mol. The quantitative estimate of drug-likeness (QED) is 0.781. The third kappa shape index (κ3) is 4.23. The van der Waals surface area contributed by atoms with E-state index in [0.29, 0.717) is 18.8 Å². The van der Waals surface area contributed by atoms with Crippen LogP contribution in [0.5, 0.6) is 0 Å². The van der Waals surface area contributed by atoms with Crippen LogP contribution < -0.4 is 0 Å². The molecule has 1 fully saturated rings. The Bertz CT molecular complexity index is 648. The van der Waals surface area contributed by atoms with E-state index in [4.69, 9.17) is 9.26 Å². The van der Waals surface area contributed by atoms with E-state index in [1.165, 1.54) is 0 Å². The summed E-state index contributed by atoms with van der Waals surface area (Å²) in [6.45, 7) is 3.99. The lowest BCUT2D eigenvalue weighted by Gasteiger charge is -2.24. The summed E-state index contributed by atoms with van der Waals surface area (Å²) < 4.78 is 11.0. The molecular formula is C19H24N2O3. The number of aryl methyl sites for hydroxylation is 1. The molecule has 1 aromatic carbocycles. The fourth-order valence-corrected chi connectivity index (χ4v) is 3.00. The van der Waals surface area contributed by atoms with E-state index in [-0.39, 0.29) is 12.0 Å². The van der Waals surface area contributed by atoms with Gasteiger partial charge in [0.05, 0.1) is 6.10 Å². The van der Waals surface area contributed by atoms with Crippen LogP contribution in [0.1, 0.15) is 48.0 Å². The SMILES string of the molecule is CCCc1cc(C(=O)N(Cc2ccccc2)C[C@@H]2CCCO2)no1. The van der Waals surface area contributed by atoms with E-state index >= 15 is 0 Å². The van der Waals surface area contributed by atoms with Crippen LogP contribution in [0.25, 0.3) is 0 Å². The van der Waals surface area contributed by atoms with E-state index in [1.807, 2.05) is 35.2 Å². The maximum atomic E-state index is 12.9. The van der Waals surface area contributed by atoms with Crippen molar-refractivity contribution < 1.29 is 14.1 Å². The normalized spacial score (nSPS) is 17.1. The van der Waals surface area contributed by atoms with Crippen molar-refractivity contribution >= 4 is 5.91 Å². The van der Waals surface area contributed by atoms with Gasteiger partial charge in [0.2, 0.25) is 0 Å². The summed E-state index contributed by atoms with van der Waals surface area (Å²) in [6.07, 6.45) is 3.93. The van der Waals surface area contributed by atoms with Crippen molar-refractivity contribution in [3.63, 3.8) is 0 Å². The van der Waals surface area contributed by atoms with Crippen molar-refractivity contribution in [3.8, 4) is 0 Å². The predicted molar refractivity (Wildman–Crippen MR) is 90.7 cm³/mol. The second-order valence-corrected chi connectivity index (χ2v) is 6.23. The van der Waals surface area contributed by atoms with Crippen molar-refractivity contribution in [1.29, 1.82) is 0 Å². The van der Waals surface area contributed by atoms with Crippen LogP contribution in [0.15, 0.2) is 40.9 Å². The number of ether oxygens (including phenoxy) is 1. The Kier molecular flexibility index (Phi) is 5.64. The Labute approximate surface area is 142 Å². The molecule has 1 saturated heterocycles. The summed E-state index contributed by atoms with van der Waals surface area (Å²) >= 11 is 0. The minimum absolute atomic E-state index is 0.0968. The molecule has 24 heavy (non-hydrogen) atoms. The second kappa shape index (κ2) is 8.11. The van der Waals surface area contributed by atoms with Crippen LogP contribution in [-0.4, -0.2) is 35.2 Å². The summed E-state index contributed by atoms with van der Waals surface area (Å²) in [6, 6.07) is 11.8. The maximum Gasteiger partial charge on any atom is 0.276 e. The maximum absolute atomic E-state index is 12.9. The smallest absolute Gasteiger partial charge is 0.276 e. The van der Waals surface area contributed by atoms with Gasteiger partial charge in [0.15, 0.2) is 5.69 Å². The molecule has 0 bridgehead atoms. The van der Waals surface area contributed by atoms with Crippen molar-refractivity contribution in [2.24, 2.45) is 0 Å². The number of carbonyl (C=O) groups excluding carboxylic acids is 1. The molecule has 1 aromatic heterocycles. The molecule has 1 amide bonds. The van der Waals surface area contributed by atoms with Gasteiger partial charge < -0.3 is 14.2 Å². The lowest BCUT2D eigenvalue weighted by atomic mass is 10.1. The number of benzene rings is 1. The van der Waals surface area contributed by atoms with Gasteiger partial charge in [0.25, 0.3) is 5.91 Å². The van der Waals surface area contributed by atoms with Crippen LogP contribution in [-0.2, 0) is 17.7 Å². The highest BCUT2D eigenvalue weighted by Gasteiger charge is 2.25. The van der Waals surface area contributed by atoms with Gasteiger partial charge in [-0.05, 0) is 24.8 Å². The molecule has 128 valence electrons. The molecule has 0 unspecified atom stereocenters. The summed E-state index contributed by atoms with van der Waals surface area (Å²) in [7, 11) is 0. The third-order valence-corrected chi connectivity index (χ3v) is 4.23. The van der Waals surface area contributed by atoms with Crippen LogP contribution in [0.2, 0.25) is 0 Å². The number of nitrogens with zero attached hydrogens (tertiary/aromatic N) is 2. The van der Waals surface area contributed by atoms with Crippen LogP contribution >= 0.6 is 0 Å². The molecule has 1 aliphatic heterocycles. The van der Waals surface area contributed by atoms with Crippen molar-refractivity contribution in [3.05, 3.63) is 53.4 Å². The van der Waals surface area contributed by atoms with Gasteiger partial charge in [-0.3, -0.25) is 4.79 Å². The highest BCUT2D eigenvalue weighted by Crippen LogP contribution is 2.17. The molecule has 3 rings (SSSR count). The molecule has 0 aliphatic carbocycles. The molecule has 1 aliphatic rings. The monoisotopic (exact) mass is 328 g/mol. The molecule has 0 saturated carbocycles. The Morgan fingerprint density at radius 2 is 2.17 bits per heavy atom. The summed E-state index contributed by atoms with van der Waals surface area (Å²) in [5.74, 6) is 0.665. The largest absolute Gasteiger partial charge is 0.376 e. The summed E-state index contributed by atoms with van der Waals surface area (Å²) in [5, 5.41) is 3.96. The lowest BCUT2D eigenvalue weighted by Crippen LogP contribution is -2.37. The summed E-state index contributed by atoms with van der Waals surface area (Å²) in [4.78, 5) is 14.7. The standard InChI is InChI=1S/C19H24N2O3/c1-2-7-16-12-18(20-24-16)19(22)21(14-17-10-6-11-23-17)13-15-8-4-3-5-9-15/h3-5,8-9,12,17H,2,6-7,10-11,13-14H2,1H3/t17-/m0/s1. The molecule has 1 atom stereocenters. The Balaban J connectivity index is 1.75. The fourth-order valence-electron chi connectivity index (χ4n) is 3.00. The van der Waals surface area contributed by atoms with Gasteiger partial charge in [-0.15, -0.1) is 0 Å². The molecule has 5 heteroatoms. The topological polar surface area (TPSA) is 55.6 Å². The van der Waals surface area contributed by atoms with Crippen LogP contribution in [0, 0.1) is 0 Å². The molecule has 0 spiro atoms. The van der Waals surface area contributed by atoms with E-state index in [1.54, 1.807) is 6.07 Å². The molecule has 0 radical (unpaired) electrons. The first kappa shape index (κ1) is 16.7. The number of carbonyl (C=O) groups is 1. The van der Waals surface area contributed by atoms with E-state index in [0.717, 1.165) is 43.6 Å². The zero-order valence-electron chi connectivity index (χ0n) is 14.1. The minimum atomic E-state index is -0.0968. The molecule has 2 heterocycles. The van der Waals surface area contributed by atoms with E-state index < -0.39 is 0 Å². The summed E-state index contributed by atoms with van der Waals surface area (Å²) in [5.41, 5.74) is 1.48. The van der Waals surface area contributed by atoms with Crippen LogP contribution in [0.4, 0.5) is 0 Å². The Morgan fingerprint density at radius 3 is 2.88 bits per heavy atom. The van der Waals surface area contributed by atoms with Gasteiger partial charge in [0, 0.05) is 32.2 Å². The Hall–Kier alpha value is -2.14. The number of hydrogen-bond acceptors (Lipinski definition) is 4. The average molecular weight is 328 g/mol.